The van der Waals surface area contributed by atoms with Gasteiger partial charge in [-0.3, -0.25) is 4.79 Å². The number of aliphatic carboxylic acids is 1. The highest BCUT2D eigenvalue weighted by Crippen LogP contribution is 2.26. The Hall–Kier alpha value is -1.12. The molecule has 1 aromatic carbocycles. The number of carboxylic acids is 1. The van der Waals surface area contributed by atoms with E-state index >= 15 is 0 Å². The van der Waals surface area contributed by atoms with Gasteiger partial charge in [0.1, 0.15) is 5.92 Å². The van der Waals surface area contributed by atoms with Gasteiger partial charge in [-0.05, 0) is 34.1 Å². The molecule has 2 rings (SSSR count). The van der Waals surface area contributed by atoms with Crippen LogP contribution in [0.3, 0.4) is 0 Å². The zero-order valence-corrected chi connectivity index (χ0v) is 13.4. The minimum absolute atomic E-state index is 0.113. The molecule has 0 bridgehead atoms. The molecule has 1 aliphatic heterocycles. The molecule has 1 aliphatic rings. The summed E-state index contributed by atoms with van der Waals surface area (Å²) < 4.78 is 6.68. The van der Waals surface area contributed by atoms with E-state index in [0.29, 0.717) is 5.69 Å². The summed E-state index contributed by atoms with van der Waals surface area (Å²) in [5.41, 5.74) is 0.594. The van der Waals surface area contributed by atoms with Crippen molar-refractivity contribution in [1.82, 2.24) is 5.32 Å². The van der Waals surface area contributed by atoms with Crippen LogP contribution in [0.2, 0.25) is 0 Å². The van der Waals surface area contributed by atoms with Crippen molar-refractivity contribution in [3.63, 3.8) is 0 Å². The first-order valence-electron chi connectivity index (χ1n) is 5.80. The van der Waals surface area contributed by atoms with Gasteiger partial charge in [0.05, 0.1) is 24.9 Å². The largest absolute Gasteiger partial charge is 0.481 e. The second kappa shape index (κ2) is 6.55. The van der Waals surface area contributed by atoms with Crippen LogP contribution >= 0.6 is 31.9 Å². The van der Waals surface area contributed by atoms with Crippen LogP contribution in [0.5, 0.6) is 0 Å². The van der Waals surface area contributed by atoms with E-state index in [4.69, 9.17) is 9.84 Å². The lowest BCUT2D eigenvalue weighted by Crippen LogP contribution is -2.44. The van der Waals surface area contributed by atoms with Gasteiger partial charge in [-0.1, -0.05) is 15.9 Å². The van der Waals surface area contributed by atoms with Crippen molar-refractivity contribution in [2.45, 2.75) is 6.04 Å². The molecule has 1 aromatic rings. The Labute approximate surface area is 132 Å². The van der Waals surface area contributed by atoms with E-state index < -0.39 is 24.0 Å². The molecule has 108 valence electrons. The maximum Gasteiger partial charge on any atom is 0.319 e. The summed E-state index contributed by atoms with van der Waals surface area (Å²) in [6, 6.07) is 4.33. The highest BCUT2D eigenvalue weighted by Gasteiger charge is 2.35. The molecule has 2 unspecified atom stereocenters. The number of benzene rings is 1. The van der Waals surface area contributed by atoms with Crippen LogP contribution in [0.25, 0.3) is 0 Å². The minimum atomic E-state index is -0.974. The van der Waals surface area contributed by atoms with Gasteiger partial charge in [-0.2, -0.15) is 0 Å². The fraction of sp³-hybridized carbons (Fsp3) is 0.333. The van der Waals surface area contributed by atoms with E-state index in [1.54, 1.807) is 18.2 Å². The summed E-state index contributed by atoms with van der Waals surface area (Å²) >= 11 is 6.65. The molecule has 1 saturated heterocycles. The fourth-order valence-corrected chi connectivity index (χ4v) is 3.00. The average Bonchev–Trinajstić information content (AvgIpc) is 2.81. The minimum Gasteiger partial charge on any atom is -0.481 e. The lowest BCUT2D eigenvalue weighted by molar-refractivity contribution is -0.142. The lowest BCUT2D eigenvalue weighted by atomic mass is 10.0. The van der Waals surface area contributed by atoms with Crippen LogP contribution in [0.15, 0.2) is 27.1 Å². The lowest BCUT2D eigenvalue weighted by Gasteiger charge is -2.16. The summed E-state index contributed by atoms with van der Waals surface area (Å²) in [6.07, 6.45) is 0. The van der Waals surface area contributed by atoms with Gasteiger partial charge >= 0.3 is 12.0 Å². The molecule has 3 N–H and O–H groups in total. The second-order valence-electron chi connectivity index (χ2n) is 4.31. The molecule has 0 spiro atoms. The summed E-state index contributed by atoms with van der Waals surface area (Å²) in [7, 11) is 0. The van der Waals surface area contributed by atoms with Crippen molar-refractivity contribution < 1.29 is 19.4 Å². The number of hydrogen-bond donors (Lipinski definition) is 3. The average molecular weight is 408 g/mol. The van der Waals surface area contributed by atoms with E-state index in [1.807, 2.05) is 0 Å². The number of rotatable bonds is 3. The van der Waals surface area contributed by atoms with Crippen molar-refractivity contribution in [1.29, 1.82) is 0 Å². The normalized spacial score (nSPS) is 21.5. The SMILES string of the molecule is O=C(Nc1ccc(Br)cc1Br)NC1COCC1C(=O)O. The molecule has 2 amide bonds. The summed E-state index contributed by atoms with van der Waals surface area (Å²) in [5.74, 6) is -1.69. The molecule has 0 aliphatic carbocycles. The maximum atomic E-state index is 11.9. The molecule has 8 heteroatoms. The third kappa shape index (κ3) is 3.71. The standard InChI is InChI=1S/C12H12Br2N2O4/c13-6-1-2-9(8(14)3-6)15-12(19)16-10-5-20-4-7(10)11(17)18/h1-3,7,10H,4-5H2,(H,17,18)(H2,15,16,19). The molecule has 1 fully saturated rings. The quantitative estimate of drug-likeness (QED) is 0.718. The van der Waals surface area contributed by atoms with E-state index in [-0.39, 0.29) is 13.2 Å². The predicted octanol–water partition coefficient (Wildman–Crippen LogP) is 2.43. The number of nitrogens with one attached hydrogen (secondary N) is 2. The van der Waals surface area contributed by atoms with Gasteiger partial charge in [0.25, 0.3) is 0 Å². The monoisotopic (exact) mass is 406 g/mol. The maximum absolute atomic E-state index is 11.9. The zero-order chi connectivity index (χ0) is 14.7. The number of amides is 2. The van der Waals surface area contributed by atoms with Crippen LogP contribution in [-0.4, -0.2) is 36.4 Å². The van der Waals surface area contributed by atoms with Gasteiger partial charge in [-0.15, -0.1) is 0 Å². The van der Waals surface area contributed by atoms with Crippen LogP contribution < -0.4 is 10.6 Å². The van der Waals surface area contributed by atoms with Crippen molar-refractivity contribution in [3.05, 3.63) is 27.1 Å². The van der Waals surface area contributed by atoms with Crippen LogP contribution in [0.1, 0.15) is 0 Å². The molecule has 1 heterocycles. The highest BCUT2D eigenvalue weighted by atomic mass is 79.9. The number of carboxylic acid groups (broad SMARTS) is 1. The summed E-state index contributed by atoms with van der Waals surface area (Å²) in [4.78, 5) is 22.8. The van der Waals surface area contributed by atoms with E-state index in [1.165, 1.54) is 0 Å². The Bertz CT molecular complexity index is 538. The molecule has 0 aromatic heterocycles. The summed E-state index contributed by atoms with van der Waals surface area (Å²) in [6.45, 7) is 0.314. The smallest absolute Gasteiger partial charge is 0.319 e. The van der Waals surface area contributed by atoms with Gasteiger partial charge in [0.2, 0.25) is 0 Å². The number of anilines is 1. The van der Waals surface area contributed by atoms with Crippen LogP contribution in [-0.2, 0) is 9.53 Å². The number of carbonyl (C=O) groups excluding carboxylic acids is 1. The zero-order valence-electron chi connectivity index (χ0n) is 10.2. The number of ether oxygens (including phenoxy) is 1. The van der Waals surface area contributed by atoms with Crippen molar-refractivity contribution in [2.75, 3.05) is 18.5 Å². The molecular formula is C12H12Br2N2O4. The van der Waals surface area contributed by atoms with Gasteiger partial charge in [-0.25, -0.2) is 4.79 Å². The topological polar surface area (TPSA) is 87.7 Å². The first kappa shape index (κ1) is 15.3. The number of urea groups is 1. The second-order valence-corrected chi connectivity index (χ2v) is 6.08. The first-order chi connectivity index (χ1) is 9.47. The fourth-order valence-electron chi connectivity index (χ4n) is 1.86. The number of halogens is 2. The third-order valence-electron chi connectivity index (χ3n) is 2.89. The Morgan fingerprint density at radius 1 is 1.30 bits per heavy atom. The number of carbonyl (C=O) groups is 2. The summed E-state index contributed by atoms with van der Waals surface area (Å²) in [5, 5.41) is 14.3. The van der Waals surface area contributed by atoms with Crippen molar-refractivity contribution in [2.24, 2.45) is 5.92 Å². The predicted molar refractivity (Wildman–Crippen MR) is 79.7 cm³/mol. The van der Waals surface area contributed by atoms with Gasteiger partial charge in [0.15, 0.2) is 0 Å². The van der Waals surface area contributed by atoms with E-state index in [0.717, 1.165) is 8.95 Å². The van der Waals surface area contributed by atoms with Crippen LogP contribution in [0, 0.1) is 5.92 Å². The molecule has 0 saturated carbocycles. The molecule has 2 atom stereocenters. The van der Waals surface area contributed by atoms with E-state index in [9.17, 15) is 9.59 Å². The number of hydrogen-bond acceptors (Lipinski definition) is 3. The molecule has 0 radical (unpaired) electrons. The Morgan fingerprint density at radius 2 is 2.05 bits per heavy atom. The van der Waals surface area contributed by atoms with Gasteiger partial charge in [0, 0.05) is 8.95 Å². The van der Waals surface area contributed by atoms with Crippen LogP contribution in [0.4, 0.5) is 10.5 Å². The first-order valence-corrected chi connectivity index (χ1v) is 7.39. The van der Waals surface area contributed by atoms with E-state index in [2.05, 4.69) is 42.5 Å². The Kier molecular flexibility index (Phi) is 5.00. The highest BCUT2D eigenvalue weighted by molar-refractivity contribution is 9.11. The Balaban J connectivity index is 1.97. The van der Waals surface area contributed by atoms with Crippen molar-refractivity contribution in [3.8, 4) is 0 Å². The molecule has 20 heavy (non-hydrogen) atoms. The Morgan fingerprint density at radius 3 is 2.70 bits per heavy atom. The molecule has 6 nitrogen and oxygen atoms in total. The third-order valence-corrected chi connectivity index (χ3v) is 4.04. The molecular weight excluding hydrogens is 396 g/mol. The van der Waals surface area contributed by atoms with Gasteiger partial charge < -0.3 is 20.5 Å². The van der Waals surface area contributed by atoms with Crippen molar-refractivity contribution >= 4 is 49.5 Å².